The van der Waals surface area contributed by atoms with Crippen LogP contribution in [0.4, 0.5) is 5.69 Å². The zero-order valence-corrected chi connectivity index (χ0v) is 16.0. The number of rotatable bonds is 2. The molecule has 4 heterocycles. The molecule has 0 amide bonds. The number of nitrogens with one attached hydrogen (secondary N) is 1. The zero-order chi connectivity index (χ0) is 19.3. The standard InChI is InChI=1S/C22H22N4O2/c1-14-11-25(6-5-23-14)18-4-3-16-8-20(22(27)28-21(16)9-18)17-7-19-10-24-15(2)12-26(19)13-17/h3-4,7-10,12-14,23H,5-6,11H2,1-2H3. The van der Waals surface area contributed by atoms with Gasteiger partial charge in [0.05, 0.1) is 23.0 Å². The third-order valence-corrected chi connectivity index (χ3v) is 5.37. The minimum absolute atomic E-state index is 0.320. The lowest BCUT2D eigenvalue weighted by molar-refractivity contribution is 0.484. The smallest absolute Gasteiger partial charge is 0.344 e. The van der Waals surface area contributed by atoms with Crippen LogP contribution in [0, 0.1) is 6.92 Å². The molecule has 1 aromatic carbocycles. The minimum atomic E-state index is -0.320. The van der Waals surface area contributed by atoms with Gasteiger partial charge in [-0.15, -0.1) is 0 Å². The first-order valence-corrected chi connectivity index (χ1v) is 9.58. The maximum Gasteiger partial charge on any atom is 0.344 e. The molecule has 1 fully saturated rings. The molecular weight excluding hydrogens is 352 g/mol. The van der Waals surface area contributed by atoms with Crippen molar-refractivity contribution in [3.05, 3.63) is 65.0 Å². The van der Waals surface area contributed by atoms with Crippen molar-refractivity contribution in [2.75, 3.05) is 24.5 Å². The highest BCUT2D eigenvalue weighted by Gasteiger charge is 2.17. The number of anilines is 1. The Morgan fingerprint density at radius 1 is 1.21 bits per heavy atom. The molecule has 1 aliphatic heterocycles. The van der Waals surface area contributed by atoms with Crippen LogP contribution in [0.1, 0.15) is 12.6 Å². The van der Waals surface area contributed by atoms with E-state index in [1.54, 1.807) is 0 Å². The molecule has 0 spiro atoms. The van der Waals surface area contributed by atoms with E-state index >= 15 is 0 Å². The Bertz CT molecular complexity index is 1240. The van der Waals surface area contributed by atoms with Gasteiger partial charge in [-0.3, -0.25) is 4.98 Å². The van der Waals surface area contributed by atoms with Gasteiger partial charge in [-0.2, -0.15) is 0 Å². The van der Waals surface area contributed by atoms with Gasteiger partial charge in [-0.05, 0) is 38.1 Å². The van der Waals surface area contributed by atoms with Crippen molar-refractivity contribution < 1.29 is 4.42 Å². The monoisotopic (exact) mass is 374 g/mol. The summed E-state index contributed by atoms with van der Waals surface area (Å²) in [6, 6.07) is 10.4. The molecular formula is C22H22N4O2. The fourth-order valence-corrected chi connectivity index (χ4v) is 3.93. The van der Waals surface area contributed by atoms with Gasteiger partial charge < -0.3 is 19.0 Å². The van der Waals surface area contributed by atoms with Gasteiger partial charge in [0.15, 0.2) is 0 Å². The molecule has 1 N–H and O–H groups in total. The van der Waals surface area contributed by atoms with Gasteiger partial charge in [-0.25, -0.2) is 4.79 Å². The van der Waals surface area contributed by atoms with Crippen LogP contribution in [0.15, 0.2) is 58.1 Å². The zero-order valence-electron chi connectivity index (χ0n) is 16.0. The molecule has 3 aromatic heterocycles. The van der Waals surface area contributed by atoms with Crippen molar-refractivity contribution in [1.82, 2.24) is 14.7 Å². The Labute approximate surface area is 162 Å². The Balaban J connectivity index is 1.56. The van der Waals surface area contributed by atoms with Crippen LogP contribution < -0.4 is 15.8 Å². The van der Waals surface area contributed by atoms with Crippen molar-refractivity contribution in [1.29, 1.82) is 0 Å². The second-order valence-electron chi connectivity index (χ2n) is 7.56. The van der Waals surface area contributed by atoms with Crippen molar-refractivity contribution in [2.45, 2.75) is 19.9 Å². The number of benzene rings is 1. The number of nitrogens with zero attached hydrogens (tertiary/aromatic N) is 3. The summed E-state index contributed by atoms with van der Waals surface area (Å²) >= 11 is 0. The van der Waals surface area contributed by atoms with E-state index in [4.69, 9.17) is 4.42 Å². The molecule has 1 saturated heterocycles. The van der Waals surface area contributed by atoms with E-state index in [-0.39, 0.29) is 5.63 Å². The fraction of sp³-hybridized carbons (Fsp3) is 0.273. The predicted octanol–water partition coefficient (Wildman–Crippen LogP) is 3.21. The molecule has 28 heavy (non-hydrogen) atoms. The van der Waals surface area contributed by atoms with Crippen molar-refractivity contribution in [3.63, 3.8) is 0 Å². The topological polar surface area (TPSA) is 62.8 Å². The van der Waals surface area contributed by atoms with E-state index in [1.807, 2.05) is 54.2 Å². The van der Waals surface area contributed by atoms with E-state index in [0.29, 0.717) is 17.2 Å². The summed E-state index contributed by atoms with van der Waals surface area (Å²) in [4.78, 5) is 19.3. The van der Waals surface area contributed by atoms with Crippen molar-refractivity contribution >= 4 is 22.2 Å². The quantitative estimate of drug-likeness (QED) is 0.546. The second-order valence-corrected chi connectivity index (χ2v) is 7.56. The van der Waals surface area contributed by atoms with E-state index in [9.17, 15) is 4.79 Å². The molecule has 0 saturated carbocycles. The summed E-state index contributed by atoms with van der Waals surface area (Å²) in [6.07, 6.45) is 5.70. The van der Waals surface area contributed by atoms with Crippen LogP contribution in [-0.4, -0.2) is 35.1 Å². The Morgan fingerprint density at radius 3 is 2.96 bits per heavy atom. The average molecular weight is 374 g/mol. The van der Waals surface area contributed by atoms with E-state index in [2.05, 4.69) is 28.2 Å². The largest absolute Gasteiger partial charge is 0.422 e. The molecule has 5 rings (SSSR count). The number of hydrogen-bond acceptors (Lipinski definition) is 5. The Kier molecular flexibility index (Phi) is 3.94. The molecule has 1 unspecified atom stereocenters. The predicted molar refractivity (Wildman–Crippen MR) is 111 cm³/mol. The van der Waals surface area contributed by atoms with Crippen molar-refractivity contribution in [3.8, 4) is 11.1 Å². The highest BCUT2D eigenvalue weighted by molar-refractivity contribution is 5.85. The minimum Gasteiger partial charge on any atom is -0.422 e. The first kappa shape index (κ1) is 17.0. The number of fused-ring (bicyclic) bond motifs is 2. The highest BCUT2D eigenvalue weighted by Crippen LogP contribution is 2.27. The van der Waals surface area contributed by atoms with Gasteiger partial charge in [0.2, 0.25) is 0 Å². The summed E-state index contributed by atoms with van der Waals surface area (Å²) < 4.78 is 7.68. The third-order valence-electron chi connectivity index (χ3n) is 5.37. The van der Waals surface area contributed by atoms with Crippen LogP contribution in [0.25, 0.3) is 27.6 Å². The fourth-order valence-electron chi connectivity index (χ4n) is 3.93. The summed E-state index contributed by atoms with van der Waals surface area (Å²) in [5.41, 5.74) is 4.67. The summed E-state index contributed by atoms with van der Waals surface area (Å²) in [6.45, 7) is 6.97. The summed E-state index contributed by atoms with van der Waals surface area (Å²) in [7, 11) is 0. The molecule has 0 radical (unpaired) electrons. The van der Waals surface area contributed by atoms with E-state index in [0.717, 1.165) is 47.5 Å². The number of piperazine rings is 1. The van der Waals surface area contributed by atoms with Gasteiger partial charge in [0.1, 0.15) is 5.58 Å². The van der Waals surface area contributed by atoms with E-state index < -0.39 is 0 Å². The van der Waals surface area contributed by atoms with Crippen molar-refractivity contribution in [2.24, 2.45) is 0 Å². The first-order chi connectivity index (χ1) is 13.6. The van der Waals surface area contributed by atoms with Gasteiger partial charge in [-0.1, -0.05) is 0 Å². The van der Waals surface area contributed by atoms with E-state index in [1.165, 1.54) is 0 Å². The maximum absolute atomic E-state index is 12.7. The van der Waals surface area contributed by atoms with Crippen LogP contribution >= 0.6 is 0 Å². The SMILES string of the molecule is Cc1cn2cc(-c3cc4ccc(N5CCNC(C)C5)cc4oc3=O)cc2cn1. The van der Waals surface area contributed by atoms with Gasteiger partial charge in [0, 0.05) is 60.8 Å². The molecule has 1 atom stereocenters. The molecule has 6 nitrogen and oxygen atoms in total. The molecule has 4 aromatic rings. The molecule has 1 aliphatic rings. The number of aromatic nitrogens is 2. The Morgan fingerprint density at radius 2 is 2.11 bits per heavy atom. The molecule has 6 heteroatoms. The lowest BCUT2D eigenvalue weighted by Gasteiger charge is -2.33. The highest BCUT2D eigenvalue weighted by atomic mass is 16.4. The summed E-state index contributed by atoms with van der Waals surface area (Å²) in [5.74, 6) is 0. The lowest BCUT2D eigenvalue weighted by Crippen LogP contribution is -2.49. The van der Waals surface area contributed by atoms with Crippen LogP contribution in [0.3, 0.4) is 0 Å². The van der Waals surface area contributed by atoms with Crippen LogP contribution in [0.5, 0.6) is 0 Å². The average Bonchev–Trinajstić information content (AvgIpc) is 3.10. The third kappa shape index (κ3) is 2.96. The molecule has 0 bridgehead atoms. The molecule has 142 valence electrons. The van der Waals surface area contributed by atoms with Crippen LogP contribution in [0.2, 0.25) is 0 Å². The van der Waals surface area contributed by atoms with Gasteiger partial charge in [0.25, 0.3) is 0 Å². The van der Waals surface area contributed by atoms with Crippen LogP contribution in [-0.2, 0) is 0 Å². The number of aryl methyl sites for hydroxylation is 1. The second kappa shape index (κ2) is 6.49. The lowest BCUT2D eigenvalue weighted by atomic mass is 10.1. The Hall–Kier alpha value is -3.12. The maximum atomic E-state index is 12.7. The number of hydrogen-bond donors (Lipinski definition) is 1. The molecule has 0 aliphatic carbocycles. The normalized spacial score (nSPS) is 17.5. The summed E-state index contributed by atoms with van der Waals surface area (Å²) in [5, 5.41) is 4.37. The first-order valence-electron chi connectivity index (χ1n) is 9.58. The van der Waals surface area contributed by atoms with Gasteiger partial charge >= 0.3 is 5.63 Å².